The van der Waals surface area contributed by atoms with Crippen LogP contribution in [0.25, 0.3) is 43.8 Å². The lowest BCUT2D eigenvalue weighted by Crippen LogP contribution is -2.10. The Morgan fingerprint density at radius 1 is 0.543 bits per heavy atom. The van der Waals surface area contributed by atoms with Gasteiger partial charge in [0.2, 0.25) is 0 Å². The molecule has 5 aromatic carbocycles. The molecule has 0 bridgehead atoms. The number of benzene rings is 5. The van der Waals surface area contributed by atoms with Crippen LogP contribution in [0.15, 0.2) is 94.7 Å². The third-order valence-corrected chi connectivity index (χ3v) is 8.67. The molecule has 5 rings (SSSR count). The fraction of sp³-hybridized carbons (Fsp3) is 0.212. The van der Waals surface area contributed by atoms with Crippen molar-refractivity contribution >= 4 is 45.1 Å². The first-order valence-electron chi connectivity index (χ1n) is 12.1. The molecule has 176 valence electrons. The molecule has 0 aromatic heterocycles. The minimum Gasteiger partial charge on any atom is -0.128 e. The van der Waals surface area contributed by atoms with Gasteiger partial charge in [-0.3, -0.25) is 0 Å². The molecule has 0 aliphatic heterocycles. The Labute approximate surface area is 218 Å². The van der Waals surface area contributed by atoms with Crippen LogP contribution in [0.1, 0.15) is 31.9 Å². The maximum Gasteiger partial charge on any atom is 0.0297 e. The molecule has 0 N–H and O–H groups in total. The molecular formula is C33H32S2. The molecule has 0 amide bonds. The molecule has 0 aliphatic rings. The van der Waals surface area contributed by atoms with Gasteiger partial charge in [-0.2, -0.15) is 0 Å². The van der Waals surface area contributed by atoms with Crippen LogP contribution >= 0.6 is 23.5 Å². The number of aryl methyl sites for hydroxylation is 1. The molecule has 0 spiro atoms. The van der Waals surface area contributed by atoms with Crippen molar-refractivity contribution in [2.75, 3.05) is 12.5 Å². The summed E-state index contributed by atoms with van der Waals surface area (Å²) in [6.07, 6.45) is 4.43. The van der Waals surface area contributed by atoms with Gasteiger partial charge in [0.15, 0.2) is 0 Å². The van der Waals surface area contributed by atoms with Gasteiger partial charge < -0.3 is 0 Å². The second-order valence-electron chi connectivity index (χ2n) is 10.2. The van der Waals surface area contributed by atoms with Crippen molar-refractivity contribution in [3.05, 3.63) is 96.1 Å². The van der Waals surface area contributed by atoms with Crippen molar-refractivity contribution < 1.29 is 0 Å². The second-order valence-corrected chi connectivity index (χ2v) is 11.8. The van der Waals surface area contributed by atoms with Crippen molar-refractivity contribution in [3.63, 3.8) is 0 Å². The predicted molar refractivity (Wildman–Crippen MR) is 159 cm³/mol. The van der Waals surface area contributed by atoms with Crippen LogP contribution in [-0.4, -0.2) is 12.5 Å². The maximum atomic E-state index is 2.30. The summed E-state index contributed by atoms with van der Waals surface area (Å²) in [5.74, 6) is 0. The molecule has 5 aromatic rings. The number of thioether (sulfide) groups is 2. The topological polar surface area (TPSA) is 0 Å². The molecule has 0 unspecified atom stereocenters. The molecule has 0 nitrogen and oxygen atoms in total. The molecule has 0 atom stereocenters. The normalized spacial score (nSPS) is 11.9. The first-order chi connectivity index (χ1) is 16.8. The zero-order chi connectivity index (χ0) is 24.7. The number of fused-ring (bicyclic) bond motifs is 3. The quantitative estimate of drug-likeness (QED) is 0.181. The average Bonchev–Trinajstić information content (AvgIpc) is 2.87. The maximum absolute atomic E-state index is 2.30. The van der Waals surface area contributed by atoms with Crippen LogP contribution in [0.3, 0.4) is 0 Å². The number of rotatable bonds is 4. The molecule has 35 heavy (non-hydrogen) atoms. The van der Waals surface area contributed by atoms with Crippen LogP contribution < -0.4 is 0 Å². The lowest BCUT2D eigenvalue weighted by Gasteiger charge is -2.21. The van der Waals surface area contributed by atoms with E-state index in [-0.39, 0.29) is 5.41 Å². The highest BCUT2D eigenvalue weighted by Crippen LogP contribution is 2.48. The van der Waals surface area contributed by atoms with E-state index < -0.39 is 0 Å². The van der Waals surface area contributed by atoms with Gasteiger partial charge >= 0.3 is 0 Å². The van der Waals surface area contributed by atoms with Crippen LogP contribution in [0.4, 0.5) is 0 Å². The van der Waals surface area contributed by atoms with Gasteiger partial charge in [-0.15, -0.1) is 23.5 Å². The van der Waals surface area contributed by atoms with Crippen LogP contribution in [0.2, 0.25) is 0 Å². The first-order valence-corrected chi connectivity index (χ1v) is 14.6. The van der Waals surface area contributed by atoms with E-state index in [2.05, 4.69) is 125 Å². The van der Waals surface area contributed by atoms with Crippen molar-refractivity contribution in [1.82, 2.24) is 0 Å². The van der Waals surface area contributed by atoms with Crippen LogP contribution in [-0.2, 0) is 5.41 Å². The van der Waals surface area contributed by atoms with Gasteiger partial charge in [-0.05, 0) is 63.4 Å². The van der Waals surface area contributed by atoms with E-state index in [1.54, 1.807) is 0 Å². The summed E-state index contributed by atoms with van der Waals surface area (Å²) in [5.41, 5.74) is 7.98. The van der Waals surface area contributed by atoms with Gasteiger partial charge in [0, 0.05) is 20.6 Å². The summed E-state index contributed by atoms with van der Waals surface area (Å²) >= 11 is 3.73. The van der Waals surface area contributed by atoms with Crippen molar-refractivity contribution in [1.29, 1.82) is 0 Å². The summed E-state index contributed by atoms with van der Waals surface area (Å²) in [4.78, 5) is 2.74. The van der Waals surface area contributed by atoms with Gasteiger partial charge in [-0.1, -0.05) is 111 Å². The lowest BCUT2D eigenvalue weighted by molar-refractivity contribution is 0.590. The predicted octanol–water partition coefficient (Wildman–Crippen LogP) is 10.4. The molecule has 2 heteroatoms. The molecular weight excluding hydrogens is 460 g/mol. The lowest BCUT2D eigenvalue weighted by atomic mass is 9.85. The Kier molecular flexibility index (Phi) is 6.46. The van der Waals surface area contributed by atoms with Gasteiger partial charge in [-0.25, -0.2) is 0 Å². The second kappa shape index (κ2) is 9.41. The van der Waals surface area contributed by atoms with E-state index in [9.17, 15) is 0 Å². The van der Waals surface area contributed by atoms with Crippen molar-refractivity contribution in [2.45, 2.75) is 42.9 Å². The molecule has 0 aliphatic carbocycles. The molecule has 0 saturated heterocycles. The summed E-state index contributed by atoms with van der Waals surface area (Å²) < 4.78 is 0. The van der Waals surface area contributed by atoms with Crippen molar-refractivity contribution in [2.24, 2.45) is 0 Å². The highest BCUT2D eigenvalue weighted by Gasteiger charge is 2.20. The number of hydrogen-bond donors (Lipinski definition) is 0. The van der Waals surface area contributed by atoms with Crippen molar-refractivity contribution in [3.8, 4) is 22.3 Å². The minimum absolute atomic E-state index is 0.149. The van der Waals surface area contributed by atoms with Crippen LogP contribution in [0.5, 0.6) is 0 Å². The number of hydrogen-bond acceptors (Lipinski definition) is 2. The molecule has 0 fully saturated rings. The van der Waals surface area contributed by atoms with Crippen LogP contribution in [0, 0.1) is 6.92 Å². The Balaban J connectivity index is 1.85. The smallest absolute Gasteiger partial charge is 0.0297 e. The summed E-state index contributed by atoms with van der Waals surface area (Å²) in [5, 5.41) is 5.38. The molecule has 0 saturated carbocycles. The Bertz CT molecular complexity index is 1520. The van der Waals surface area contributed by atoms with E-state index in [1.165, 1.54) is 64.7 Å². The first kappa shape index (κ1) is 24.0. The van der Waals surface area contributed by atoms with E-state index in [1.807, 2.05) is 23.5 Å². The van der Waals surface area contributed by atoms with E-state index in [0.29, 0.717) is 0 Å². The monoisotopic (exact) mass is 492 g/mol. The summed E-state index contributed by atoms with van der Waals surface area (Å²) in [6, 6.07) is 31.7. The third-order valence-electron chi connectivity index (χ3n) is 6.91. The van der Waals surface area contributed by atoms with Gasteiger partial charge in [0.25, 0.3) is 0 Å². The van der Waals surface area contributed by atoms with Gasteiger partial charge in [0.1, 0.15) is 0 Å². The van der Waals surface area contributed by atoms with E-state index >= 15 is 0 Å². The average molecular weight is 493 g/mol. The fourth-order valence-electron chi connectivity index (χ4n) is 5.02. The zero-order valence-corrected chi connectivity index (χ0v) is 23.0. The SMILES string of the molecule is CSc1c(SC)c2c(-c3ccc(C(C)(C)C)cc3)cccc2c2cccc(-c3ccc(C)cc3)c12. The zero-order valence-electron chi connectivity index (χ0n) is 21.4. The van der Waals surface area contributed by atoms with Gasteiger partial charge in [0.05, 0.1) is 0 Å². The highest BCUT2D eigenvalue weighted by molar-refractivity contribution is 8.02. The summed E-state index contributed by atoms with van der Waals surface area (Å²) in [7, 11) is 0. The third kappa shape index (κ3) is 4.28. The Hall–Kier alpha value is -2.68. The Morgan fingerprint density at radius 2 is 0.971 bits per heavy atom. The molecule has 0 radical (unpaired) electrons. The summed E-state index contributed by atoms with van der Waals surface area (Å²) in [6.45, 7) is 8.96. The Morgan fingerprint density at radius 3 is 1.37 bits per heavy atom. The van der Waals surface area contributed by atoms with E-state index in [4.69, 9.17) is 0 Å². The molecule has 0 heterocycles. The largest absolute Gasteiger partial charge is 0.128 e. The van der Waals surface area contributed by atoms with E-state index in [0.717, 1.165) is 0 Å². The standard InChI is InChI=1S/C33H32S2/c1-21-13-15-22(16-14-21)25-9-7-11-27-28-12-8-10-26(23-17-19-24(20-18-23)33(2,3)4)30(28)32(35-6)31(34-5)29(25)27/h7-20H,1-6H3. The highest BCUT2D eigenvalue weighted by atomic mass is 32.2. The minimum atomic E-state index is 0.149. The fourth-order valence-corrected chi connectivity index (χ4v) is 6.95.